The molecule has 0 saturated carbocycles. The molecule has 2 N–H and O–H groups in total. The molecule has 0 fully saturated rings. The predicted molar refractivity (Wildman–Crippen MR) is 67.7 cm³/mol. The standard InChI is InChI=1S/C13H14N2O3/c1-8(2)18-10-5-3-9(4-6-10)13-14-11(16)7-12(17)15-13/h3-8H,1-2H3,(H2,14,15,16,17). The Bertz CT molecular complexity index is 588. The summed E-state index contributed by atoms with van der Waals surface area (Å²) in [5.41, 5.74) is 0.319. The highest BCUT2D eigenvalue weighted by molar-refractivity contribution is 5.56. The maximum absolute atomic E-state index is 11.2. The number of aromatic hydroxyl groups is 1. The Balaban J connectivity index is 2.31. The Morgan fingerprint density at radius 1 is 1.28 bits per heavy atom. The largest absolute Gasteiger partial charge is 0.493 e. The monoisotopic (exact) mass is 246 g/mol. The quantitative estimate of drug-likeness (QED) is 0.867. The zero-order valence-corrected chi connectivity index (χ0v) is 10.2. The van der Waals surface area contributed by atoms with Gasteiger partial charge in [-0.3, -0.25) is 4.79 Å². The lowest BCUT2D eigenvalue weighted by Crippen LogP contribution is -2.07. The molecule has 1 aromatic carbocycles. The van der Waals surface area contributed by atoms with Crippen molar-refractivity contribution in [1.82, 2.24) is 9.97 Å². The van der Waals surface area contributed by atoms with Gasteiger partial charge in [-0.25, -0.2) is 0 Å². The second-order valence-electron chi connectivity index (χ2n) is 4.14. The Kier molecular flexibility index (Phi) is 3.32. The summed E-state index contributed by atoms with van der Waals surface area (Å²) in [7, 11) is 0. The average molecular weight is 246 g/mol. The van der Waals surface area contributed by atoms with E-state index >= 15 is 0 Å². The molecule has 0 saturated heterocycles. The zero-order valence-electron chi connectivity index (χ0n) is 10.2. The van der Waals surface area contributed by atoms with Crippen LogP contribution in [0, 0.1) is 0 Å². The van der Waals surface area contributed by atoms with Crippen LogP contribution in [0.15, 0.2) is 35.1 Å². The fourth-order valence-corrected chi connectivity index (χ4v) is 1.55. The molecule has 0 atom stereocenters. The smallest absolute Gasteiger partial charge is 0.254 e. The summed E-state index contributed by atoms with van der Waals surface area (Å²) >= 11 is 0. The number of aromatic nitrogens is 2. The Morgan fingerprint density at radius 3 is 2.50 bits per heavy atom. The molecular weight excluding hydrogens is 232 g/mol. The summed E-state index contributed by atoms with van der Waals surface area (Å²) in [6.45, 7) is 3.89. The van der Waals surface area contributed by atoms with Gasteiger partial charge in [-0.1, -0.05) is 0 Å². The van der Waals surface area contributed by atoms with Crippen LogP contribution >= 0.6 is 0 Å². The third kappa shape index (κ3) is 2.88. The first-order chi connectivity index (χ1) is 8.54. The topological polar surface area (TPSA) is 75.2 Å². The van der Waals surface area contributed by atoms with Gasteiger partial charge in [0.05, 0.1) is 12.2 Å². The summed E-state index contributed by atoms with van der Waals surface area (Å²) in [5.74, 6) is 0.781. The fourth-order valence-electron chi connectivity index (χ4n) is 1.55. The van der Waals surface area contributed by atoms with Crippen molar-refractivity contribution in [3.63, 3.8) is 0 Å². The molecule has 18 heavy (non-hydrogen) atoms. The summed E-state index contributed by atoms with van der Waals surface area (Å²) in [6, 6.07) is 8.16. The fraction of sp³-hybridized carbons (Fsp3) is 0.231. The molecule has 0 unspecified atom stereocenters. The van der Waals surface area contributed by atoms with Crippen molar-refractivity contribution in [2.24, 2.45) is 0 Å². The Morgan fingerprint density at radius 2 is 1.94 bits per heavy atom. The first kappa shape index (κ1) is 12.2. The van der Waals surface area contributed by atoms with Gasteiger partial charge in [-0.05, 0) is 38.1 Å². The van der Waals surface area contributed by atoms with E-state index < -0.39 is 0 Å². The number of hydrogen-bond acceptors (Lipinski definition) is 4. The van der Waals surface area contributed by atoms with Gasteiger partial charge in [0, 0.05) is 5.56 Å². The first-order valence-electron chi connectivity index (χ1n) is 5.62. The molecule has 1 heterocycles. The predicted octanol–water partition coefficient (Wildman–Crippen LogP) is 1.93. The van der Waals surface area contributed by atoms with Gasteiger partial charge in [-0.15, -0.1) is 0 Å². The van der Waals surface area contributed by atoms with Crippen LogP contribution in [0.4, 0.5) is 0 Å². The van der Waals surface area contributed by atoms with Crippen molar-refractivity contribution in [2.75, 3.05) is 0 Å². The molecule has 5 nitrogen and oxygen atoms in total. The number of benzene rings is 1. The highest BCUT2D eigenvalue weighted by Gasteiger charge is 2.04. The van der Waals surface area contributed by atoms with Crippen molar-refractivity contribution in [3.05, 3.63) is 40.7 Å². The molecule has 0 radical (unpaired) electrons. The molecule has 0 aliphatic carbocycles. The van der Waals surface area contributed by atoms with E-state index in [0.717, 1.165) is 11.8 Å². The van der Waals surface area contributed by atoms with Crippen LogP contribution in [0.5, 0.6) is 11.6 Å². The lowest BCUT2D eigenvalue weighted by atomic mass is 10.2. The van der Waals surface area contributed by atoms with E-state index in [4.69, 9.17) is 4.74 Å². The first-order valence-corrected chi connectivity index (χ1v) is 5.62. The second kappa shape index (κ2) is 4.91. The van der Waals surface area contributed by atoms with E-state index in [0.29, 0.717) is 11.4 Å². The minimum Gasteiger partial charge on any atom is -0.493 e. The lowest BCUT2D eigenvalue weighted by Gasteiger charge is -2.09. The Hall–Kier alpha value is -2.30. The number of rotatable bonds is 3. The summed E-state index contributed by atoms with van der Waals surface area (Å²) in [6.07, 6.45) is 0.106. The molecule has 1 aromatic heterocycles. The number of aromatic amines is 1. The molecule has 0 aliphatic rings. The van der Waals surface area contributed by atoms with Crippen molar-refractivity contribution in [2.45, 2.75) is 20.0 Å². The minimum atomic E-state index is -0.389. The van der Waals surface area contributed by atoms with Crippen LogP contribution < -0.4 is 10.3 Å². The molecule has 5 heteroatoms. The SMILES string of the molecule is CC(C)Oc1ccc(-c2nc(O)cc(=O)[nH]2)cc1. The summed E-state index contributed by atoms with van der Waals surface area (Å²) in [4.78, 5) is 17.6. The van der Waals surface area contributed by atoms with Crippen molar-refractivity contribution >= 4 is 0 Å². The minimum absolute atomic E-state index is 0.106. The molecule has 0 aliphatic heterocycles. The van der Waals surface area contributed by atoms with Gasteiger partial charge in [0.25, 0.3) is 5.56 Å². The van der Waals surface area contributed by atoms with Gasteiger partial charge in [-0.2, -0.15) is 4.98 Å². The van der Waals surface area contributed by atoms with Crippen molar-refractivity contribution in [1.29, 1.82) is 0 Å². The summed E-state index contributed by atoms with van der Waals surface area (Å²) < 4.78 is 5.51. The van der Waals surface area contributed by atoms with Crippen LogP contribution in [-0.4, -0.2) is 21.2 Å². The summed E-state index contributed by atoms with van der Waals surface area (Å²) in [5, 5.41) is 9.27. The number of hydrogen-bond donors (Lipinski definition) is 2. The highest BCUT2D eigenvalue weighted by Crippen LogP contribution is 2.20. The van der Waals surface area contributed by atoms with Crippen LogP contribution in [-0.2, 0) is 0 Å². The maximum atomic E-state index is 11.2. The van der Waals surface area contributed by atoms with Crippen LogP contribution in [0.2, 0.25) is 0 Å². The van der Waals surface area contributed by atoms with Gasteiger partial charge >= 0.3 is 0 Å². The van der Waals surface area contributed by atoms with E-state index in [1.54, 1.807) is 24.3 Å². The van der Waals surface area contributed by atoms with Crippen LogP contribution in [0.25, 0.3) is 11.4 Å². The second-order valence-corrected chi connectivity index (χ2v) is 4.14. The van der Waals surface area contributed by atoms with Crippen LogP contribution in [0.3, 0.4) is 0 Å². The number of nitrogens with one attached hydrogen (secondary N) is 1. The molecule has 94 valence electrons. The molecule has 0 bridgehead atoms. The maximum Gasteiger partial charge on any atom is 0.254 e. The number of H-pyrrole nitrogens is 1. The van der Waals surface area contributed by atoms with E-state index in [2.05, 4.69) is 9.97 Å². The number of ether oxygens (including phenoxy) is 1. The third-order valence-corrected chi connectivity index (χ3v) is 2.23. The van der Waals surface area contributed by atoms with E-state index in [1.807, 2.05) is 13.8 Å². The van der Waals surface area contributed by atoms with E-state index in [1.165, 1.54) is 0 Å². The number of nitrogens with zero attached hydrogens (tertiary/aromatic N) is 1. The molecule has 0 spiro atoms. The van der Waals surface area contributed by atoms with Gasteiger partial charge in [0.1, 0.15) is 11.6 Å². The molecule has 0 amide bonds. The third-order valence-electron chi connectivity index (χ3n) is 2.23. The van der Waals surface area contributed by atoms with Crippen LogP contribution in [0.1, 0.15) is 13.8 Å². The Labute approximate surface area is 104 Å². The lowest BCUT2D eigenvalue weighted by molar-refractivity contribution is 0.242. The van der Waals surface area contributed by atoms with Crippen molar-refractivity contribution < 1.29 is 9.84 Å². The van der Waals surface area contributed by atoms with Gasteiger partial charge < -0.3 is 14.8 Å². The molecular formula is C13H14N2O3. The molecule has 2 rings (SSSR count). The van der Waals surface area contributed by atoms with Gasteiger partial charge in [0.15, 0.2) is 0 Å². The average Bonchev–Trinajstić information content (AvgIpc) is 2.27. The van der Waals surface area contributed by atoms with Crippen molar-refractivity contribution in [3.8, 4) is 23.0 Å². The van der Waals surface area contributed by atoms with E-state index in [9.17, 15) is 9.90 Å². The molecule has 2 aromatic rings. The zero-order chi connectivity index (χ0) is 13.1. The normalized spacial score (nSPS) is 10.6. The van der Waals surface area contributed by atoms with E-state index in [-0.39, 0.29) is 17.5 Å². The van der Waals surface area contributed by atoms with Gasteiger partial charge in [0.2, 0.25) is 5.88 Å². The highest BCUT2D eigenvalue weighted by atomic mass is 16.5.